The minimum Gasteiger partial charge on any atom is -0.390 e. The van der Waals surface area contributed by atoms with Gasteiger partial charge in [-0.3, -0.25) is 0 Å². The maximum Gasteiger partial charge on any atom is 0.0681 e. The van der Waals surface area contributed by atoms with E-state index in [4.69, 9.17) is 0 Å². The molecule has 0 aromatic rings. The van der Waals surface area contributed by atoms with Gasteiger partial charge in [0.2, 0.25) is 0 Å². The maximum atomic E-state index is 10.1. The summed E-state index contributed by atoms with van der Waals surface area (Å²) in [6, 6.07) is 0. The Balaban J connectivity index is 3.97. The van der Waals surface area contributed by atoms with E-state index in [2.05, 4.69) is 20.8 Å². The molecule has 0 aromatic heterocycles. The lowest BCUT2D eigenvalue weighted by molar-refractivity contribution is 0.0242. The highest BCUT2D eigenvalue weighted by molar-refractivity contribution is 4.92. The summed E-state index contributed by atoms with van der Waals surface area (Å²) in [5.41, 5.74) is -0.475. The molecule has 0 aliphatic heterocycles. The van der Waals surface area contributed by atoms with Gasteiger partial charge in [0.1, 0.15) is 0 Å². The molecule has 1 radical (unpaired) electrons. The fourth-order valence-electron chi connectivity index (χ4n) is 1.56. The highest BCUT2D eigenvalue weighted by Crippen LogP contribution is 2.23. The first-order valence-electron chi connectivity index (χ1n) is 4.85. The molecule has 71 valence electrons. The third-order valence-corrected chi connectivity index (χ3v) is 2.10. The summed E-state index contributed by atoms with van der Waals surface area (Å²) in [6.07, 6.45) is 8.33. The van der Waals surface area contributed by atoms with Crippen LogP contribution < -0.4 is 0 Å². The number of rotatable bonds is 6. The molecule has 0 aliphatic rings. The Bertz CT molecular complexity index is 121. The van der Waals surface area contributed by atoms with Gasteiger partial charge in [-0.1, -0.05) is 38.8 Å². The molecule has 0 fully saturated rings. The van der Waals surface area contributed by atoms with Crippen molar-refractivity contribution in [2.45, 2.75) is 51.6 Å². The zero-order valence-electron chi connectivity index (χ0n) is 8.34. The van der Waals surface area contributed by atoms with Crippen molar-refractivity contribution in [1.82, 2.24) is 0 Å². The summed E-state index contributed by atoms with van der Waals surface area (Å²) in [5.74, 6) is 0. The van der Waals surface area contributed by atoms with E-state index < -0.39 is 5.60 Å². The van der Waals surface area contributed by atoms with Gasteiger partial charge >= 0.3 is 0 Å². The molecular weight excluding hydrogens is 148 g/mol. The van der Waals surface area contributed by atoms with E-state index in [0.717, 1.165) is 32.1 Å². The highest BCUT2D eigenvalue weighted by atomic mass is 16.3. The SMILES string of the molecule is [CH2]/C=C/CC(O)(CCC)CCC. The second-order valence-electron chi connectivity index (χ2n) is 3.40. The van der Waals surface area contributed by atoms with E-state index in [9.17, 15) is 5.11 Å². The highest BCUT2D eigenvalue weighted by Gasteiger charge is 2.22. The number of hydrogen-bond acceptors (Lipinski definition) is 1. The maximum absolute atomic E-state index is 10.1. The molecule has 0 saturated carbocycles. The molecule has 1 heteroatoms. The number of hydrogen-bond donors (Lipinski definition) is 1. The van der Waals surface area contributed by atoms with Crippen molar-refractivity contribution < 1.29 is 5.11 Å². The third kappa shape index (κ3) is 4.55. The fourth-order valence-corrected chi connectivity index (χ4v) is 1.56. The van der Waals surface area contributed by atoms with Crippen molar-refractivity contribution in [3.8, 4) is 0 Å². The van der Waals surface area contributed by atoms with Gasteiger partial charge in [-0.05, 0) is 26.2 Å². The Morgan fingerprint density at radius 3 is 2.08 bits per heavy atom. The second-order valence-corrected chi connectivity index (χ2v) is 3.40. The lowest BCUT2D eigenvalue weighted by Crippen LogP contribution is -2.27. The Morgan fingerprint density at radius 1 is 1.25 bits per heavy atom. The van der Waals surface area contributed by atoms with Crippen LogP contribution in [-0.2, 0) is 0 Å². The Hall–Kier alpha value is -0.300. The third-order valence-electron chi connectivity index (χ3n) is 2.10. The smallest absolute Gasteiger partial charge is 0.0681 e. The summed E-state index contributed by atoms with van der Waals surface area (Å²) in [6.45, 7) is 7.83. The Kier molecular flexibility index (Phi) is 6.09. The van der Waals surface area contributed by atoms with Gasteiger partial charge in [0, 0.05) is 0 Å². The van der Waals surface area contributed by atoms with Crippen LogP contribution in [0, 0.1) is 6.92 Å². The first kappa shape index (κ1) is 11.7. The van der Waals surface area contributed by atoms with Gasteiger partial charge in [-0.25, -0.2) is 0 Å². The van der Waals surface area contributed by atoms with Gasteiger partial charge in [-0.2, -0.15) is 0 Å². The molecule has 0 aliphatic carbocycles. The molecule has 0 spiro atoms. The topological polar surface area (TPSA) is 20.2 Å². The molecule has 0 atom stereocenters. The Morgan fingerprint density at radius 2 is 1.75 bits per heavy atom. The molecule has 0 rings (SSSR count). The van der Waals surface area contributed by atoms with Gasteiger partial charge in [0.15, 0.2) is 0 Å². The predicted molar refractivity (Wildman–Crippen MR) is 53.9 cm³/mol. The van der Waals surface area contributed by atoms with E-state index >= 15 is 0 Å². The van der Waals surface area contributed by atoms with Crippen LogP contribution in [0.1, 0.15) is 46.0 Å². The molecule has 1 nitrogen and oxygen atoms in total. The molecule has 0 bridgehead atoms. The number of allylic oxidation sites excluding steroid dienone is 1. The van der Waals surface area contributed by atoms with Gasteiger partial charge < -0.3 is 5.11 Å². The molecule has 0 saturated heterocycles. The molecule has 0 amide bonds. The van der Waals surface area contributed by atoms with Crippen LogP contribution >= 0.6 is 0 Å². The summed E-state index contributed by atoms with van der Waals surface area (Å²) >= 11 is 0. The lowest BCUT2D eigenvalue weighted by atomic mass is 9.89. The minimum atomic E-state index is -0.475. The monoisotopic (exact) mass is 169 g/mol. The van der Waals surface area contributed by atoms with E-state index in [1.807, 2.05) is 6.08 Å². The van der Waals surface area contributed by atoms with Crippen LogP contribution in [0.2, 0.25) is 0 Å². The van der Waals surface area contributed by atoms with Crippen molar-refractivity contribution in [1.29, 1.82) is 0 Å². The first-order chi connectivity index (χ1) is 5.68. The summed E-state index contributed by atoms with van der Waals surface area (Å²) < 4.78 is 0. The molecule has 0 aromatic carbocycles. The molecule has 12 heavy (non-hydrogen) atoms. The largest absolute Gasteiger partial charge is 0.390 e. The van der Waals surface area contributed by atoms with Gasteiger partial charge in [0.25, 0.3) is 0 Å². The molecule has 0 heterocycles. The molecular formula is C11H21O. The number of aliphatic hydroxyl groups is 1. The van der Waals surface area contributed by atoms with Crippen LogP contribution in [0.15, 0.2) is 12.2 Å². The normalized spacial score (nSPS) is 12.7. The minimum absolute atomic E-state index is 0.475. The quantitative estimate of drug-likeness (QED) is 0.647. The van der Waals surface area contributed by atoms with Crippen molar-refractivity contribution in [2.24, 2.45) is 0 Å². The van der Waals surface area contributed by atoms with Crippen LogP contribution in [0.5, 0.6) is 0 Å². The predicted octanol–water partition coefficient (Wildman–Crippen LogP) is 3.10. The summed E-state index contributed by atoms with van der Waals surface area (Å²) in [7, 11) is 0. The van der Waals surface area contributed by atoms with E-state index in [1.54, 1.807) is 6.08 Å². The summed E-state index contributed by atoms with van der Waals surface area (Å²) in [4.78, 5) is 0. The zero-order chi connectivity index (χ0) is 9.45. The second kappa shape index (κ2) is 6.24. The standard InChI is InChI=1S/C11H21O/c1-4-7-10-11(12,8-5-2)9-6-3/h4,7,12H,1,5-6,8-10H2,2-3H3/b7-4+. The van der Waals surface area contributed by atoms with Crippen LogP contribution in [-0.4, -0.2) is 10.7 Å². The van der Waals surface area contributed by atoms with E-state index in [0.29, 0.717) is 0 Å². The lowest BCUT2D eigenvalue weighted by Gasteiger charge is -2.25. The molecule has 0 unspecified atom stereocenters. The van der Waals surface area contributed by atoms with E-state index in [-0.39, 0.29) is 0 Å². The van der Waals surface area contributed by atoms with Crippen molar-refractivity contribution in [3.05, 3.63) is 19.1 Å². The molecule has 1 N–H and O–H groups in total. The fraction of sp³-hybridized carbons (Fsp3) is 0.727. The van der Waals surface area contributed by atoms with Crippen molar-refractivity contribution >= 4 is 0 Å². The van der Waals surface area contributed by atoms with E-state index in [1.165, 1.54) is 0 Å². The van der Waals surface area contributed by atoms with Crippen LogP contribution in [0.25, 0.3) is 0 Å². The zero-order valence-corrected chi connectivity index (χ0v) is 8.34. The van der Waals surface area contributed by atoms with Gasteiger partial charge in [-0.15, -0.1) is 0 Å². The average Bonchev–Trinajstić information content (AvgIpc) is 2.02. The van der Waals surface area contributed by atoms with Crippen LogP contribution in [0.4, 0.5) is 0 Å². The van der Waals surface area contributed by atoms with Crippen molar-refractivity contribution in [2.75, 3.05) is 0 Å². The first-order valence-corrected chi connectivity index (χ1v) is 4.85. The van der Waals surface area contributed by atoms with Crippen LogP contribution in [0.3, 0.4) is 0 Å². The van der Waals surface area contributed by atoms with Gasteiger partial charge in [0.05, 0.1) is 5.60 Å². The summed E-state index contributed by atoms with van der Waals surface area (Å²) in [5, 5.41) is 10.1. The van der Waals surface area contributed by atoms with Crippen molar-refractivity contribution in [3.63, 3.8) is 0 Å². The average molecular weight is 169 g/mol. The Labute approximate surface area is 76.5 Å².